The van der Waals surface area contributed by atoms with E-state index in [2.05, 4.69) is 16.3 Å². The van der Waals surface area contributed by atoms with Crippen molar-refractivity contribution >= 4 is 33.9 Å². The van der Waals surface area contributed by atoms with E-state index in [1.807, 2.05) is 18.2 Å². The number of nitrogens with one attached hydrogen (secondary N) is 2. The van der Waals surface area contributed by atoms with Crippen LogP contribution in [0.4, 0.5) is 5.69 Å². The maximum atomic E-state index is 12.3. The van der Waals surface area contributed by atoms with E-state index in [9.17, 15) is 4.79 Å². The molecule has 0 saturated carbocycles. The molecule has 3 rings (SSSR count). The summed E-state index contributed by atoms with van der Waals surface area (Å²) in [6.45, 7) is 0. The quantitative estimate of drug-likeness (QED) is 0.709. The van der Waals surface area contributed by atoms with Crippen molar-refractivity contribution in [2.24, 2.45) is 10.7 Å². The SMILES string of the molecule is CN(C)C(=O)C(=N)C(=C\N)/C(=N/c1ccc2[nH]ncc2c1)C1=CCCCC1. The standard InChI is InChI=1S/C20H24N6O/c1-26(2)20(27)18(22)16(11-21)19(13-6-4-3-5-7-13)24-15-8-9-17-14(10-15)12-23-25-17/h6,8-12,22H,3-5,7,21H2,1-2H3,(H,23,25)/b16-11+,22-18?,24-19+. The Bertz CT molecular complexity index is 964. The van der Waals surface area contributed by atoms with Crippen molar-refractivity contribution in [1.29, 1.82) is 5.41 Å². The Morgan fingerprint density at radius 3 is 2.85 bits per heavy atom. The first-order valence-corrected chi connectivity index (χ1v) is 8.95. The second kappa shape index (κ2) is 7.99. The van der Waals surface area contributed by atoms with Crippen LogP contribution in [0, 0.1) is 5.41 Å². The van der Waals surface area contributed by atoms with E-state index < -0.39 is 5.91 Å². The summed E-state index contributed by atoms with van der Waals surface area (Å²) in [6.07, 6.45) is 9.19. The zero-order valence-electron chi connectivity index (χ0n) is 15.6. The van der Waals surface area contributed by atoms with Gasteiger partial charge in [0.25, 0.3) is 5.91 Å². The number of carbonyl (C=O) groups is 1. The number of amides is 1. The van der Waals surface area contributed by atoms with E-state index in [0.717, 1.165) is 47.8 Å². The topological polar surface area (TPSA) is 111 Å². The lowest BCUT2D eigenvalue weighted by molar-refractivity contribution is -0.121. The van der Waals surface area contributed by atoms with Gasteiger partial charge in [-0.15, -0.1) is 0 Å². The fourth-order valence-electron chi connectivity index (χ4n) is 3.11. The number of allylic oxidation sites excluding steroid dienone is 2. The summed E-state index contributed by atoms with van der Waals surface area (Å²) >= 11 is 0. The molecule has 0 unspecified atom stereocenters. The number of rotatable bonds is 5. The minimum atomic E-state index is -0.402. The first-order valence-electron chi connectivity index (χ1n) is 8.95. The largest absolute Gasteiger partial charge is 0.404 e. The molecule has 1 amide bonds. The van der Waals surface area contributed by atoms with Crippen molar-refractivity contribution in [2.45, 2.75) is 25.7 Å². The predicted molar refractivity (Wildman–Crippen MR) is 108 cm³/mol. The molecule has 0 spiro atoms. The van der Waals surface area contributed by atoms with Crippen molar-refractivity contribution in [3.8, 4) is 0 Å². The van der Waals surface area contributed by atoms with Crippen LogP contribution in [-0.2, 0) is 4.79 Å². The molecule has 140 valence electrons. The average Bonchev–Trinajstić information content (AvgIpc) is 3.15. The minimum absolute atomic E-state index is 0.155. The van der Waals surface area contributed by atoms with Crippen molar-refractivity contribution < 1.29 is 4.79 Å². The van der Waals surface area contributed by atoms with E-state index in [1.54, 1.807) is 20.3 Å². The lowest BCUT2D eigenvalue weighted by Crippen LogP contribution is -2.33. The van der Waals surface area contributed by atoms with Crippen LogP contribution >= 0.6 is 0 Å². The molecule has 1 aliphatic rings. The highest BCUT2D eigenvalue weighted by molar-refractivity contribution is 6.52. The number of fused-ring (bicyclic) bond motifs is 1. The van der Waals surface area contributed by atoms with E-state index in [1.165, 1.54) is 11.1 Å². The summed E-state index contributed by atoms with van der Waals surface area (Å²) in [5.74, 6) is -0.402. The van der Waals surface area contributed by atoms with Gasteiger partial charge in [-0.2, -0.15) is 5.10 Å². The fourth-order valence-corrected chi connectivity index (χ4v) is 3.11. The molecular weight excluding hydrogens is 340 g/mol. The van der Waals surface area contributed by atoms with Crippen LogP contribution in [0.15, 0.2) is 52.8 Å². The number of benzene rings is 1. The van der Waals surface area contributed by atoms with Gasteiger partial charge < -0.3 is 10.6 Å². The molecule has 0 aliphatic heterocycles. The first-order chi connectivity index (χ1) is 13.0. The molecular formula is C20H24N6O. The third-order valence-corrected chi connectivity index (χ3v) is 4.57. The van der Waals surface area contributed by atoms with Crippen molar-refractivity contribution in [3.63, 3.8) is 0 Å². The van der Waals surface area contributed by atoms with Gasteiger partial charge in [0.05, 0.1) is 23.1 Å². The molecule has 0 bridgehead atoms. The number of carbonyl (C=O) groups excluding carboxylic acids is 1. The maximum Gasteiger partial charge on any atom is 0.271 e. The van der Waals surface area contributed by atoms with Gasteiger partial charge in [-0.3, -0.25) is 15.3 Å². The van der Waals surface area contributed by atoms with Crippen molar-refractivity contribution in [3.05, 3.63) is 47.8 Å². The second-order valence-corrected chi connectivity index (χ2v) is 6.73. The Morgan fingerprint density at radius 1 is 1.37 bits per heavy atom. The highest BCUT2D eigenvalue weighted by Gasteiger charge is 2.24. The number of hydrogen-bond acceptors (Lipinski definition) is 5. The number of aromatic nitrogens is 2. The van der Waals surface area contributed by atoms with Crippen LogP contribution in [0.2, 0.25) is 0 Å². The van der Waals surface area contributed by atoms with Gasteiger partial charge >= 0.3 is 0 Å². The Balaban J connectivity index is 2.08. The van der Waals surface area contributed by atoms with Crippen LogP contribution in [0.5, 0.6) is 0 Å². The van der Waals surface area contributed by atoms with E-state index >= 15 is 0 Å². The summed E-state index contributed by atoms with van der Waals surface area (Å²) in [4.78, 5) is 18.5. The Labute approximate surface area is 158 Å². The summed E-state index contributed by atoms with van der Waals surface area (Å²) in [5.41, 5.74) is 9.34. The lowest BCUT2D eigenvalue weighted by Gasteiger charge is -2.19. The molecule has 0 atom stereocenters. The Kier molecular flexibility index (Phi) is 5.49. The van der Waals surface area contributed by atoms with E-state index in [4.69, 9.17) is 16.1 Å². The number of aromatic amines is 1. The lowest BCUT2D eigenvalue weighted by atomic mass is 9.90. The number of nitrogens with two attached hydrogens (primary N) is 1. The van der Waals surface area contributed by atoms with E-state index in [0.29, 0.717) is 11.3 Å². The molecule has 7 nitrogen and oxygen atoms in total. The molecule has 7 heteroatoms. The molecule has 0 radical (unpaired) electrons. The third kappa shape index (κ3) is 3.97. The van der Waals surface area contributed by atoms with Crippen LogP contribution in [0.25, 0.3) is 10.9 Å². The van der Waals surface area contributed by atoms with E-state index in [-0.39, 0.29) is 5.71 Å². The molecule has 1 aromatic carbocycles. The first kappa shape index (κ1) is 18.6. The highest BCUT2D eigenvalue weighted by atomic mass is 16.2. The highest BCUT2D eigenvalue weighted by Crippen LogP contribution is 2.26. The second-order valence-electron chi connectivity index (χ2n) is 6.73. The third-order valence-electron chi connectivity index (χ3n) is 4.57. The van der Waals surface area contributed by atoms with Crippen LogP contribution in [-0.4, -0.2) is 46.5 Å². The number of hydrogen-bond donors (Lipinski definition) is 3. The maximum absolute atomic E-state index is 12.3. The van der Waals surface area contributed by atoms with Crippen LogP contribution in [0.1, 0.15) is 25.7 Å². The van der Waals surface area contributed by atoms with Gasteiger partial charge in [0.2, 0.25) is 0 Å². The zero-order valence-corrected chi connectivity index (χ0v) is 15.6. The summed E-state index contributed by atoms with van der Waals surface area (Å²) in [7, 11) is 3.24. The van der Waals surface area contributed by atoms with Crippen LogP contribution in [0.3, 0.4) is 0 Å². The normalized spacial score (nSPS) is 15.6. The van der Waals surface area contributed by atoms with Gasteiger partial charge in [0.1, 0.15) is 5.71 Å². The monoisotopic (exact) mass is 364 g/mol. The summed E-state index contributed by atoms with van der Waals surface area (Å²) in [6, 6.07) is 5.72. The molecule has 2 aromatic rings. The Hall–Kier alpha value is -3.22. The van der Waals surface area contributed by atoms with Crippen molar-refractivity contribution in [1.82, 2.24) is 15.1 Å². The molecule has 27 heavy (non-hydrogen) atoms. The number of H-pyrrole nitrogens is 1. The van der Waals surface area contributed by atoms with Gasteiger partial charge in [-0.1, -0.05) is 6.08 Å². The molecule has 0 fully saturated rings. The average molecular weight is 364 g/mol. The molecule has 1 heterocycles. The number of aliphatic imine (C=N–C) groups is 1. The van der Waals surface area contributed by atoms with Gasteiger partial charge in [0.15, 0.2) is 0 Å². The zero-order chi connectivity index (χ0) is 19.4. The summed E-state index contributed by atoms with van der Waals surface area (Å²) in [5, 5.41) is 16.2. The van der Waals surface area contributed by atoms with Crippen molar-refractivity contribution in [2.75, 3.05) is 14.1 Å². The molecule has 0 saturated heterocycles. The van der Waals surface area contributed by atoms with Gasteiger partial charge in [-0.25, -0.2) is 4.99 Å². The van der Waals surface area contributed by atoms with Gasteiger partial charge in [-0.05, 0) is 49.5 Å². The Morgan fingerprint density at radius 2 is 2.19 bits per heavy atom. The predicted octanol–water partition coefficient (Wildman–Crippen LogP) is 3.09. The minimum Gasteiger partial charge on any atom is -0.404 e. The molecule has 1 aromatic heterocycles. The molecule has 4 N–H and O–H groups in total. The summed E-state index contributed by atoms with van der Waals surface area (Å²) < 4.78 is 0. The van der Waals surface area contributed by atoms with Gasteiger partial charge in [0, 0.05) is 31.3 Å². The smallest absolute Gasteiger partial charge is 0.271 e. The van der Waals surface area contributed by atoms with Crippen LogP contribution < -0.4 is 5.73 Å². The molecule has 1 aliphatic carbocycles. The number of nitrogens with zero attached hydrogens (tertiary/aromatic N) is 3. The fraction of sp³-hybridized carbons (Fsp3) is 0.300.